The summed E-state index contributed by atoms with van der Waals surface area (Å²) in [5, 5.41) is 2.62. The Kier molecular flexibility index (Phi) is 2.82. The van der Waals surface area contributed by atoms with Crippen LogP contribution in [0.2, 0.25) is 5.02 Å². The highest BCUT2D eigenvalue weighted by molar-refractivity contribution is 7.07. The van der Waals surface area contributed by atoms with E-state index in [4.69, 9.17) is 17.3 Å². The molecule has 0 fully saturated rings. The number of nitrogens with zero attached hydrogens (tertiary/aromatic N) is 1. The van der Waals surface area contributed by atoms with Crippen LogP contribution in [0.1, 0.15) is 17.3 Å². The molecule has 0 amide bonds. The topological polar surface area (TPSA) is 38.9 Å². The first-order valence-electron chi connectivity index (χ1n) is 4.10. The van der Waals surface area contributed by atoms with Crippen molar-refractivity contribution in [3.05, 3.63) is 51.4 Å². The lowest BCUT2D eigenvalue weighted by Crippen LogP contribution is -2.11. The summed E-state index contributed by atoms with van der Waals surface area (Å²) in [6.07, 6.45) is 0. The van der Waals surface area contributed by atoms with Crippen molar-refractivity contribution in [1.29, 1.82) is 0 Å². The Morgan fingerprint density at radius 3 is 2.64 bits per heavy atom. The van der Waals surface area contributed by atoms with E-state index in [2.05, 4.69) is 10.5 Å². The Bertz CT molecular complexity index is 397. The number of benzene rings is 1. The third-order valence-electron chi connectivity index (χ3n) is 1.95. The van der Waals surface area contributed by atoms with Crippen molar-refractivity contribution in [2.24, 2.45) is 5.73 Å². The standard InChI is InChI=1S/C10H8ClN2S/c11-8-3-1-7(2-4-8)10(12)9-5-14-6-13-9/h1-5,10H,12H2. The van der Waals surface area contributed by atoms with Gasteiger partial charge in [-0.25, -0.2) is 4.98 Å². The lowest BCUT2D eigenvalue weighted by atomic mass is 10.1. The lowest BCUT2D eigenvalue weighted by molar-refractivity contribution is 0.838. The maximum Gasteiger partial charge on any atom is 0.152 e. The van der Waals surface area contributed by atoms with Crippen LogP contribution in [0.25, 0.3) is 0 Å². The van der Waals surface area contributed by atoms with Gasteiger partial charge in [0.1, 0.15) is 0 Å². The van der Waals surface area contributed by atoms with Gasteiger partial charge in [0.25, 0.3) is 0 Å². The second kappa shape index (κ2) is 4.09. The molecule has 0 aliphatic carbocycles. The minimum Gasteiger partial charge on any atom is -0.319 e. The van der Waals surface area contributed by atoms with Gasteiger partial charge in [0.15, 0.2) is 5.51 Å². The Balaban J connectivity index is 2.28. The zero-order valence-electron chi connectivity index (χ0n) is 7.27. The van der Waals surface area contributed by atoms with E-state index in [1.165, 1.54) is 11.3 Å². The highest BCUT2D eigenvalue weighted by Crippen LogP contribution is 2.20. The van der Waals surface area contributed by atoms with Crippen molar-refractivity contribution in [3.63, 3.8) is 0 Å². The number of thiazole rings is 1. The molecule has 1 atom stereocenters. The third kappa shape index (κ3) is 1.95. The molecule has 2 aromatic rings. The van der Waals surface area contributed by atoms with Gasteiger partial charge >= 0.3 is 0 Å². The fourth-order valence-electron chi connectivity index (χ4n) is 1.18. The lowest BCUT2D eigenvalue weighted by Gasteiger charge is -2.08. The van der Waals surface area contributed by atoms with E-state index < -0.39 is 0 Å². The molecule has 0 saturated carbocycles. The normalized spacial score (nSPS) is 12.7. The molecule has 2 rings (SSSR count). The molecule has 2 N–H and O–H groups in total. The molecule has 14 heavy (non-hydrogen) atoms. The quantitative estimate of drug-likeness (QED) is 0.850. The Morgan fingerprint density at radius 1 is 1.36 bits per heavy atom. The average molecular weight is 224 g/mol. The second-order valence-corrected chi connectivity index (χ2v) is 3.98. The molecule has 2 nitrogen and oxygen atoms in total. The maximum atomic E-state index is 5.99. The van der Waals surface area contributed by atoms with Crippen LogP contribution in [0, 0.1) is 5.51 Å². The number of hydrogen-bond acceptors (Lipinski definition) is 3. The van der Waals surface area contributed by atoms with E-state index in [1.807, 2.05) is 29.6 Å². The fraction of sp³-hybridized carbons (Fsp3) is 0.100. The van der Waals surface area contributed by atoms with Crippen LogP contribution in [0.3, 0.4) is 0 Å². The molecule has 0 saturated heterocycles. The average Bonchev–Trinajstić information content (AvgIpc) is 2.71. The largest absolute Gasteiger partial charge is 0.319 e. The van der Waals surface area contributed by atoms with E-state index in [0.717, 1.165) is 11.3 Å². The van der Waals surface area contributed by atoms with Gasteiger partial charge in [0.2, 0.25) is 0 Å². The van der Waals surface area contributed by atoms with Crippen molar-refractivity contribution in [3.8, 4) is 0 Å². The van der Waals surface area contributed by atoms with Crippen LogP contribution >= 0.6 is 22.9 Å². The maximum absolute atomic E-state index is 5.99. The van der Waals surface area contributed by atoms with E-state index in [-0.39, 0.29) is 6.04 Å². The van der Waals surface area contributed by atoms with Gasteiger partial charge in [-0.2, -0.15) is 0 Å². The zero-order chi connectivity index (χ0) is 9.97. The van der Waals surface area contributed by atoms with Gasteiger partial charge in [-0.1, -0.05) is 23.7 Å². The SMILES string of the molecule is NC(c1ccc(Cl)cc1)c1cs[c]n1. The van der Waals surface area contributed by atoms with Gasteiger partial charge in [0.05, 0.1) is 11.7 Å². The van der Waals surface area contributed by atoms with Crippen LogP contribution < -0.4 is 5.73 Å². The van der Waals surface area contributed by atoms with Gasteiger partial charge in [0, 0.05) is 10.4 Å². The number of halogens is 1. The summed E-state index contributed by atoms with van der Waals surface area (Å²) in [5.74, 6) is 0. The van der Waals surface area contributed by atoms with Gasteiger partial charge in [-0.15, -0.1) is 11.3 Å². The molecule has 1 unspecified atom stereocenters. The van der Waals surface area contributed by atoms with E-state index in [1.54, 1.807) is 0 Å². The molecular formula is C10H8ClN2S. The highest BCUT2D eigenvalue weighted by atomic mass is 35.5. The van der Waals surface area contributed by atoms with Crippen molar-refractivity contribution >= 4 is 22.9 Å². The van der Waals surface area contributed by atoms with Crippen molar-refractivity contribution in [1.82, 2.24) is 4.98 Å². The van der Waals surface area contributed by atoms with E-state index in [0.29, 0.717) is 5.02 Å². The van der Waals surface area contributed by atoms with E-state index >= 15 is 0 Å². The van der Waals surface area contributed by atoms with Crippen LogP contribution in [0.4, 0.5) is 0 Å². The Hall–Kier alpha value is -0.900. The van der Waals surface area contributed by atoms with Crippen LogP contribution in [-0.2, 0) is 0 Å². The molecule has 1 aromatic carbocycles. The third-order valence-corrected chi connectivity index (χ3v) is 2.76. The van der Waals surface area contributed by atoms with Gasteiger partial charge in [-0.05, 0) is 17.7 Å². The minimum atomic E-state index is -0.185. The summed E-state index contributed by atoms with van der Waals surface area (Å²) in [5.41, 5.74) is 10.6. The molecule has 71 valence electrons. The van der Waals surface area contributed by atoms with Crippen molar-refractivity contribution < 1.29 is 0 Å². The van der Waals surface area contributed by atoms with Gasteiger partial charge < -0.3 is 5.73 Å². The number of hydrogen-bond donors (Lipinski definition) is 1. The summed E-state index contributed by atoms with van der Waals surface area (Å²) in [6, 6.07) is 7.29. The summed E-state index contributed by atoms with van der Waals surface area (Å²) in [7, 11) is 0. The van der Waals surface area contributed by atoms with Gasteiger partial charge in [-0.3, -0.25) is 0 Å². The molecule has 1 radical (unpaired) electrons. The molecule has 0 bridgehead atoms. The zero-order valence-corrected chi connectivity index (χ0v) is 8.85. The number of rotatable bonds is 2. The van der Waals surface area contributed by atoms with Crippen LogP contribution in [0.15, 0.2) is 29.6 Å². The molecular weight excluding hydrogens is 216 g/mol. The number of nitrogens with two attached hydrogens (primary N) is 1. The molecule has 1 aromatic heterocycles. The molecule has 0 aliphatic rings. The highest BCUT2D eigenvalue weighted by Gasteiger charge is 2.10. The Morgan fingerprint density at radius 2 is 2.07 bits per heavy atom. The minimum absolute atomic E-state index is 0.185. The van der Waals surface area contributed by atoms with Crippen molar-refractivity contribution in [2.75, 3.05) is 0 Å². The molecule has 1 heterocycles. The first kappa shape index (κ1) is 9.65. The second-order valence-electron chi connectivity index (χ2n) is 2.89. The van der Waals surface area contributed by atoms with Crippen LogP contribution in [-0.4, -0.2) is 4.98 Å². The first-order chi connectivity index (χ1) is 6.77. The summed E-state index contributed by atoms with van der Waals surface area (Å²) in [6.45, 7) is 0. The monoisotopic (exact) mass is 223 g/mol. The summed E-state index contributed by atoms with van der Waals surface area (Å²) in [4.78, 5) is 4.05. The van der Waals surface area contributed by atoms with Crippen molar-refractivity contribution in [2.45, 2.75) is 6.04 Å². The summed E-state index contributed by atoms with van der Waals surface area (Å²) >= 11 is 7.20. The number of aromatic nitrogens is 1. The fourth-order valence-corrected chi connectivity index (χ4v) is 1.83. The first-order valence-corrected chi connectivity index (χ1v) is 5.35. The predicted octanol–water partition coefficient (Wildman–Crippen LogP) is 2.64. The molecule has 4 heteroatoms. The van der Waals surface area contributed by atoms with Crippen LogP contribution in [0.5, 0.6) is 0 Å². The molecule has 0 spiro atoms. The predicted molar refractivity (Wildman–Crippen MR) is 58.4 cm³/mol. The Labute approximate surface area is 91.4 Å². The molecule has 0 aliphatic heterocycles. The van der Waals surface area contributed by atoms with E-state index in [9.17, 15) is 0 Å². The summed E-state index contributed by atoms with van der Waals surface area (Å²) < 4.78 is 0. The smallest absolute Gasteiger partial charge is 0.152 e.